The van der Waals surface area contributed by atoms with Gasteiger partial charge in [-0.3, -0.25) is 4.79 Å². The molecular weight excluding hydrogens is 322 g/mol. The summed E-state index contributed by atoms with van der Waals surface area (Å²) < 4.78 is 11.2. The van der Waals surface area contributed by atoms with Crippen LogP contribution in [0.5, 0.6) is 5.75 Å². The second-order valence-electron chi connectivity index (χ2n) is 5.53. The van der Waals surface area contributed by atoms with Crippen LogP contribution in [0, 0.1) is 0 Å². The molecule has 0 saturated carbocycles. The first-order chi connectivity index (χ1) is 9.34. The maximum Gasteiger partial charge on any atom is 0.258 e. The first kappa shape index (κ1) is 17.0. The molecule has 0 atom stereocenters. The van der Waals surface area contributed by atoms with E-state index in [1.807, 2.05) is 18.2 Å². The van der Waals surface area contributed by atoms with E-state index in [0.717, 1.165) is 4.47 Å². The number of ether oxygens (including phenoxy) is 2. The minimum atomic E-state index is -0.158. The first-order valence-corrected chi connectivity index (χ1v) is 7.32. The molecule has 112 valence electrons. The average molecular weight is 344 g/mol. The van der Waals surface area contributed by atoms with Crippen LogP contribution < -0.4 is 10.1 Å². The molecule has 0 spiro atoms. The van der Waals surface area contributed by atoms with E-state index in [9.17, 15) is 4.79 Å². The van der Waals surface area contributed by atoms with Gasteiger partial charge in [0.1, 0.15) is 5.75 Å². The normalized spacial score (nSPS) is 11.2. The molecule has 0 saturated heterocycles. The number of hydrogen-bond donors (Lipinski definition) is 1. The number of rotatable bonds is 6. The third-order valence-electron chi connectivity index (χ3n) is 2.79. The lowest BCUT2D eigenvalue weighted by atomic mass is 9.87. The topological polar surface area (TPSA) is 47.6 Å². The van der Waals surface area contributed by atoms with Crippen molar-refractivity contribution in [1.29, 1.82) is 0 Å². The van der Waals surface area contributed by atoms with Crippen molar-refractivity contribution in [1.82, 2.24) is 5.32 Å². The largest absolute Gasteiger partial charge is 0.483 e. The molecule has 0 heterocycles. The van der Waals surface area contributed by atoms with Gasteiger partial charge in [-0.2, -0.15) is 0 Å². The Morgan fingerprint density at radius 2 is 2.05 bits per heavy atom. The Morgan fingerprint density at radius 1 is 1.35 bits per heavy atom. The third kappa shape index (κ3) is 5.51. The molecule has 1 aromatic carbocycles. The molecular formula is C15H22BrNO3. The second-order valence-corrected chi connectivity index (χ2v) is 6.38. The SMILES string of the molecule is COCCNC(=O)COc1ccc(C(C)(C)C)cc1Br. The van der Waals surface area contributed by atoms with Crippen LogP contribution in [-0.2, 0) is 14.9 Å². The van der Waals surface area contributed by atoms with Crippen LogP contribution in [0.1, 0.15) is 26.3 Å². The summed E-state index contributed by atoms with van der Waals surface area (Å²) in [6, 6.07) is 5.92. The number of amides is 1. The third-order valence-corrected chi connectivity index (χ3v) is 3.40. The lowest BCUT2D eigenvalue weighted by molar-refractivity contribution is -0.123. The van der Waals surface area contributed by atoms with Crippen molar-refractivity contribution in [3.05, 3.63) is 28.2 Å². The van der Waals surface area contributed by atoms with E-state index in [1.165, 1.54) is 5.56 Å². The highest BCUT2D eigenvalue weighted by molar-refractivity contribution is 9.10. The van der Waals surface area contributed by atoms with Crippen LogP contribution in [0.15, 0.2) is 22.7 Å². The number of halogens is 1. The molecule has 0 fully saturated rings. The van der Waals surface area contributed by atoms with Gasteiger partial charge < -0.3 is 14.8 Å². The van der Waals surface area contributed by atoms with Crippen LogP contribution in [0.4, 0.5) is 0 Å². The van der Waals surface area contributed by atoms with Crippen molar-refractivity contribution in [2.24, 2.45) is 0 Å². The van der Waals surface area contributed by atoms with Crippen molar-refractivity contribution in [3.63, 3.8) is 0 Å². The Labute approximate surface area is 129 Å². The highest BCUT2D eigenvalue weighted by Crippen LogP contribution is 2.31. The van der Waals surface area contributed by atoms with Gasteiger partial charge in [0, 0.05) is 13.7 Å². The fraction of sp³-hybridized carbons (Fsp3) is 0.533. The Hall–Kier alpha value is -1.07. The number of methoxy groups -OCH3 is 1. The van der Waals surface area contributed by atoms with Crippen molar-refractivity contribution >= 4 is 21.8 Å². The van der Waals surface area contributed by atoms with Crippen LogP contribution >= 0.6 is 15.9 Å². The zero-order chi connectivity index (χ0) is 15.2. The molecule has 1 N–H and O–H groups in total. The van der Waals surface area contributed by atoms with Crippen LogP contribution in [0.25, 0.3) is 0 Å². The van der Waals surface area contributed by atoms with E-state index < -0.39 is 0 Å². The van der Waals surface area contributed by atoms with Gasteiger partial charge in [0.15, 0.2) is 6.61 Å². The number of nitrogens with one attached hydrogen (secondary N) is 1. The fourth-order valence-electron chi connectivity index (χ4n) is 1.57. The predicted molar refractivity (Wildman–Crippen MR) is 83.2 cm³/mol. The average Bonchev–Trinajstić information content (AvgIpc) is 2.36. The molecule has 20 heavy (non-hydrogen) atoms. The van der Waals surface area contributed by atoms with Gasteiger partial charge >= 0.3 is 0 Å². The van der Waals surface area contributed by atoms with Gasteiger partial charge in [0.05, 0.1) is 11.1 Å². The summed E-state index contributed by atoms with van der Waals surface area (Å²) in [5.41, 5.74) is 1.29. The Balaban J connectivity index is 2.55. The van der Waals surface area contributed by atoms with Crippen LogP contribution in [-0.4, -0.2) is 32.8 Å². The molecule has 0 aliphatic heterocycles. The lowest BCUT2D eigenvalue weighted by Crippen LogP contribution is -2.31. The Bertz CT molecular complexity index is 455. The molecule has 1 rings (SSSR count). The Morgan fingerprint density at radius 3 is 2.60 bits per heavy atom. The van der Waals surface area contributed by atoms with Crippen molar-refractivity contribution in [2.75, 3.05) is 26.9 Å². The Kier molecular flexibility index (Phi) is 6.49. The smallest absolute Gasteiger partial charge is 0.258 e. The van der Waals surface area contributed by atoms with E-state index in [2.05, 4.69) is 42.0 Å². The van der Waals surface area contributed by atoms with E-state index >= 15 is 0 Å². The molecule has 1 aromatic rings. The molecule has 0 aliphatic carbocycles. The molecule has 0 aromatic heterocycles. The molecule has 0 unspecified atom stereocenters. The molecule has 0 bridgehead atoms. The summed E-state index contributed by atoms with van der Waals surface area (Å²) in [7, 11) is 1.59. The first-order valence-electron chi connectivity index (χ1n) is 6.53. The zero-order valence-electron chi connectivity index (χ0n) is 12.5. The lowest BCUT2D eigenvalue weighted by Gasteiger charge is -2.20. The van der Waals surface area contributed by atoms with Crippen molar-refractivity contribution in [3.8, 4) is 5.75 Å². The zero-order valence-corrected chi connectivity index (χ0v) is 14.0. The summed E-state index contributed by atoms with van der Waals surface area (Å²) in [5, 5.41) is 2.70. The van der Waals surface area contributed by atoms with Gasteiger partial charge in [-0.05, 0) is 39.0 Å². The number of carbonyl (C=O) groups is 1. The summed E-state index contributed by atoms with van der Waals surface area (Å²) in [6.07, 6.45) is 0. The van der Waals surface area contributed by atoms with E-state index in [1.54, 1.807) is 7.11 Å². The highest BCUT2D eigenvalue weighted by atomic mass is 79.9. The van der Waals surface area contributed by atoms with Gasteiger partial charge in [-0.25, -0.2) is 0 Å². The maximum absolute atomic E-state index is 11.5. The maximum atomic E-state index is 11.5. The highest BCUT2D eigenvalue weighted by Gasteiger charge is 2.15. The number of benzene rings is 1. The minimum absolute atomic E-state index is 0.00280. The number of hydrogen-bond acceptors (Lipinski definition) is 3. The van der Waals surface area contributed by atoms with Gasteiger partial charge in [0.25, 0.3) is 5.91 Å². The van der Waals surface area contributed by atoms with Gasteiger partial charge in [-0.1, -0.05) is 26.8 Å². The monoisotopic (exact) mass is 343 g/mol. The minimum Gasteiger partial charge on any atom is -0.483 e. The van der Waals surface area contributed by atoms with Crippen LogP contribution in [0.2, 0.25) is 0 Å². The summed E-state index contributed by atoms with van der Waals surface area (Å²) in [5.74, 6) is 0.508. The van der Waals surface area contributed by atoms with E-state index in [0.29, 0.717) is 18.9 Å². The van der Waals surface area contributed by atoms with Gasteiger partial charge in [0.2, 0.25) is 0 Å². The standard InChI is InChI=1S/C15H22BrNO3/c1-15(2,3)11-5-6-13(12(16)9-11)20-10-14(18)17-7-8-19-4/h5-6,9H,7-8,10H2,1-4H3,(H,17,18). The summed E-state index contributed by atoms with van der Waals surface area (Å²) in [4.78, 5) is 11.5. The molecule has 4 nitrogen and oxygen atoms in total. The molecule has 0 aliphatic rings. The molecule has 0 radical (unpaired) electrons. The molecule has 1 amide bonds. The summed E-state index contributed by atoms with van der Waals surface area (Å²) in [6.45, 7) is 7.44. The van der Waals surface area contributed by atoms with Crippen molar-refractivity contribution in [2.45, 2.75) is 26.2 Å². The predicted octanol–water partition coefficient (Wildman–Crippen LogP) is 2.89. The van der Waals surface area contributed by atoms with E-state index in [-0.39, 0.29) is 17.9 Å². The van der Waals surface area contributed by atoms with Gasteiger partial charge in [-0.15, -0.1) is 0 Å². The van der Waals surface area contributed by atoms with E-state index in [4.69, 9.17) is 9.47 Å². The summed E-state index contributed by atoms with van der Waals surface area (Å²) >= 11 is 3.48. The van der Waals surface area contributed by atoms with Crippen molar-refractivity contribution < 1.29 is 14.3 Å². The quantitative estimate of drug-likeness (QED) is 0.808. The molecule has 5 heteroatoms. The fourth-order valence-corrected chi connectivity index (χ4v) is 2.06. The number of carbonyl (C=O) groups excluding carboxylic acids is 1. The van der Waals surface area contributed by atoms with Crippen LogP contribution in [0.3, 0.4) is 0 Å². The second kappa shape index (κ2) is 7.64.